The number of hydrogen-bond acceptors (Lipinski definition) is 8. The fourth-order valence-corrected chi connectivity index (χ4v) is 2.35. The van der Waals surface area contributed by atoms with Crippen LogP contribution < -0.4 is 0 Å². The molecule has 0 aromatic carbocycles. The van der Waals surface area contributed by atoms with Gasteiger partial charge in [0, 0.05) is 11.1 Å². The molecule has 0 aromatic heterocycles. The quantitative estimate of drug-likeness (QED) is 0.182. The number of carbonyl (C=O) groups is 4. The molecular formula is C20H26O8. The van der Waals surface area contributed by atoms with Gasteiger partial charge in [0.1, 0.15) is 26.4 Å². The lowest BCUT2D eigenvalue weighted by Crippen LogP contribution is -2.34. The summed E-state index contributed by atoms with van der Waals surface area (Å²) in [6.45, 7) is 9.50. The Morgan fingerprint density at radius 2 is 1.04 bits per heavy atom. The molecule has 0 radical (unpaired) electrons. The molecule has 0 N–H and O–H groups in total. The van der Waals surface area contributed by atoms with Crippen molar-refractivity contribution in [1.29, 1.82) is 0 Å². The minimum Gasteiger partial charge on any atom is -0.462 e. The number of hydrogen-bond donors (Lipinski definition) is 0. The summed E-state index contributed by atoms with van der Waals surface area (Å²) < 4.78 is 19.9. The molecule has 154 valence electrons. The van der Waals surface area contributed by atoms with Crippen molar-refractivity contribution in [3.8, 4) is 0 Å². The molecule has 0 aliphatic heterocycles. The summed E-state index contributed by atoms with van der Waals surface area (Å²) in [6.07, 6.45) is 4.28. The van der Waals surface area contributed by atoms with Crippen LogP contribution >= 0.6 is 0 Å². The minimum absolute atomic E-state index is 0.0941. The Kier molecular flexibility index (Phi) is 9.70. The van der Waals surface area contributed by atoms with E-state index in [1.54, 1.807) is 12.2 Å². The SMILES string of the molecule is C=C(C)C(=O)OCCOC(=O)C1CC=CCC1C(=O)OCCOC(=O)C(=C)C. The lowest BCUT2D eigenvalue weighted by molar-refractivity contribution is -0.163. The van der Waals surface area contributed by atoms with Gasteiger partial charge in [-0.3, -0.25) is 9.59 Å². The Labute approximate surface area is 164 Å². The molecule has 8 nitrogen and oxygen atoms in total. The Hall–Kier alpha value is -2.90. The second kappa shape index (κ2) is 11.7. The number of allylic oxidation sites excluding steroid dienone is 2. The van der Waals surface area contributed by atoms with E-state index in [2.05, 4.69) is 13.2 Å². The van der Waals surface area contributed by atoms with Gasteiger partial charge in [-0.05, 0) is 26.7 Å². The van der Waals surface area contributed by atoms with Crippen LogP contribution in [0.15, 0.2) is 36.5 Å². The average Bonchev–Trinajstić information content (AvgIpc) is 2.67. The Morgan fingerprint density at radius 1 is 0.714 bits per heavy atom. The predicted molar refractivity (Wildman–Crippen MR) is 98.8 cm³/mol. The van der Waals surface area contributed by atoms with Gasteiger partial charge in [-0.15, -0.1) is 0 Å². The van der Waals surface area contributed by atoms with E-state index in [1.165, 1.54) is 13.8 Å². The lowest BCUT2D eigenvalue weighted by Gasteiger charge is -2.25. The summed E-state index contributed by atoms with van der Waals surface area (Å²) in [5, 5.41) is 0. The first-order chi connectivity index (χ1) is 13.2. The summed E-state index contributed by atoms with van der Waals surface area (Å²) in [5.41, 5.74) is 0.501. The highest BCUT2D eigenvalue weighted by Crippen LogP contribution is 2.28. The normalized spacial score (nSPS) is 17.9. The van der Waals surface area contributed by atoms with Crippen LogP contribution in [0, 0.1) is 11.8 Å². The summed E-state index contributed by atoms with van der Waals surface area (Å²) in [5.74, 6) is -3.63. The standard InChI is InChI=1S/C20H26O8/c1-13(2)17(21)25-9-11-27-19(23)15-7-5-6-8-16(15)20(24)28-12-10-26-18(22)14(3)4/h5-6,15-16H,1,3,7-12H2,2,4H3. The molecule has 0 saturated heterocycles. The minimum atomic E-state index is -0.688. The molecule has 1 aliphatic carbocycles. The third-order valence-corrected chi connectivity index (χ3v) is 3.86. The van der Waals surface area contributed by atoms with Crippen LogP contribution in [0.3, 0.4) is 0 Å². The van der Waals surface area contributed by atoms with E-state index in [9.17, 15) is 19.2 Å². The zero-order valence-corrected chi connectivity index (χ0v) is 16.2. The Morgan fingerprint density at radius 3 is 1.36 bits per heavy atom. The van der Waals surface area contributed by atoms with E-state index in [0.717, 1.165) is 0 Å². The average molecular weight is 394 g/mol. The van der Waals surface area contributed by atoms with Gasteiger partial charge in [0.2, 0.25) is 0 Å². The first-order valence-electron chi connectivity index (χ1n) is 8.87. The highest BCUT2D eigenvalue weighted by Gasteiger charge is 2.36. The number of ether oxygens (including phenoxy) is 4. The van der Waals surface area contributed by atoms with Gasteiger partial charge in [0.05, 0.1) is 11.8 Å². The highest BCUT2D eigenvalue weighted by atomic mass is 16.6. The molecule has 2 unspecified atom stereocenters. The highest BCUT2D eigenvalue weighted by molar-refractivity contribution is 5.87. The Balaban J connectivity index is 2.43. The molecule has 0 spiro atoms. The molecule has 8 heteroatoms. The summed E-state index contributed by atoms with van der Waals surface area (Å²) in [7, 11) is 0. The molecule has 0 amide bonds. The zero-order valence-electron chi connectivity index (χ0n) is 16.2. The number of rotatable bonds is 10. The molecular weight excluding hydrogens is 368 g/mol. The van der Waals surface area contributed by atoms with Crippen LogP contribution in [0.4, 0.5) is 0 Å². The molecule has 1 rings (SSSR count). The zero-order chi connectivity index (χ0) is 21.1. The van der Waals surface area contributed by atoms with Gasteiger partial charge in [-0.2, -0.15) is 0 Å². The van der Waals surface area contributed by atoms with Gasteiger partial charge in [-0.25, -0.2) is 9.59 Å². The van der Waals surface area contributed by atoms with Crippen LogP contribution in [0.2, 0.25) is 0 Å². The summed E-state index contributed by atoms with van der Waals surface area (Å²) in [6, 6.07) is 0. The largest absolute Gasteiger partial charge is 0.462 e. The van der Waals surface area contributed by atoms with E-state index < -0.39 is 35.7 Å². The van der Waals surface area contributed by atoms with Crippen molar-refractivity contribution >= 4 is 23.9 Å². The maximum atomic E-state index is 12.3. The van der Waals surface area contributed by atoms with E-state index in [0.29, 0.717) is 12.8 Å². The van der Waals surface area contributed by atoms with Crippen LogP contribution in [0.25, 0.3) is 0 Å². The molecule has 0 bridgehead atoms. The molecule has 28 heavy (non-hydrogen) atoms. The van der Waals surface area contributed by atoms with Crippen LogP contribution in [-0.2, 0) is 38.1 Å². The first-order valence-corrected chi connectivity index (χ1v) is 8.87. The van der Waals surface area contributed by atoms with E-state index >= 15 is 0 Å². The first kappa shape index (κ1) is 23.1. The molecule has 0 fully saturated rings. The molecule has 0 heterocycles. The lowest BCUT2D eigenvalue weighted by atomic mass is 9.83. The van der Waals surface area contributed by atoms with Gasteiger partial charge >= 0.3 is 23.9 Å². The van der Waals surface area contributed by atoms with Crippen molar-refractivity contribution in [1.82, 2.24) is 0 Å². The second-order valence-corrected chi connectivity index (χ2v) is 6.32. The van der Waals surface area contributed by atoms with Gasteiger partial charge in [0.15, 0.2) is 0 Å². The smallest absolute Gasteiger partial charge is 0.333 e. The topological polar surface area (TPSA) is 105 Å². The molecule has 2 atom stereocenters. The predicted octanol–water partition coefficient (Wildman–Crippen LogP) is 1.89. The monoisotopic (exact) mass is 394 g/mol. The van der Waals surface area contributed by atoms with Crippen molar-refractivity contribution in [2.24, 2.45) is 11.8 Å². The fourth-order valence-electron chi connectivity index (χ4n) is 2.35. The maximum Gasteiger partial charge on any atom is 0.333 e. The van der Waals surface area contributed by atoms with Gasteiger partial charge in [-0.1, -0.05) is 25.3 Å². The van der Waals surface area contributed by atoms with Crippen molar-refractivity contribution in [3.63, 3.8) is 0 Å². The summed E-state index contributed by atoms with van der Waals surface area (Å²) in [4.78, 5) is 47.1. The third-order valence-electron chi connectivity index (χ3n) is 3.86. The van der Waals surface area contributed by atoms with Crippen molar-refractivity contribution < 1.29 is 38.1 Å². The fraction of sp³-hybridized carbons (Fsp3) is 0.500. The maximum absolute atomic E-state index is 12.3. The van der Waals surface area contributed by atoms with Gasteiger partial charge in [0.25, 0.3) is 0 Å². The van der Waals surface area contributed by atoms with Crippen LogP contribution in [0.1, 0.15) is 26.7 Å². The number of esters is 4. The number of carbonyl (C=O) groups excluding carboxylic acids is 4. The van der Waals surface area contributed by atoms with Crippen molar-refractivity contribution in [2.45, 2.75) is 26.7 Å². The third kappa shape index (κ3) is 7.77. The Bertz CT molecular complexity index is 605. The van der Waals surface area contributed by atoms with E-state index in [4.69, 9.17) is 18.9 Å². The molecule has 0 aromatic rings. The van der Waals surface area contributed by atoms with E-state index in [-0.39, 0.29) is 37.6 Å². The second-order valence-electron chi connectivity index (χ2n) is 6.32. The van der Waals surface area contributed by atoms with Crippen LogP contribution in [0.5, 0.6) is 0 Å². The molecule has 0 saturated carbocycles. The van der Waals surface area contributed by atoms with Crippen molar-refractivity contribution in [2.75, 3.05) is 26.4 Å². The van der Waals surface area contributed by atoms with Gasteiger partial charge < -0.3 is 18.9 Å². The van der Waals surface area contributed by atoms with E-state index in [1.807, 2.05) is 0 Å². The molecule has 1 aliphatic rings. The van der Waals surface area contributed by atoms with Crippen molar-refractivity contribution in [3.05, 3.63) is 36.5 Å². The summed E-state index contributed by atoms with van der Waals surface area (Å²) >= 11 is 0. The van der Waals surface area contributed by atoms with Crippen LogP contribution in [-0.4, -0.2) is 50.3 Å².